The third-order valence-corrected chi connectivity index (χ3v) is 7.97. The molecule has 2 fully saturated rings. The van der Waals surface area contributed by atoms with Crippen molar-refractivity contribution in [1.82, 2.24) is 24.7 Å². The quantitative estimate of drug-likeness (QED) is 0.318. The van der Waals surface area contributed by atoms with Crippen molar-refractivity contribution >= 4 is 45.4 Å². The first-order valence-corrected chi connectivity index (χ1v) is 12.9. The summed E-state index contributed by atoms with van der Waals surface area (Å²) in [5, 5.41) is 18.3. The van der Waals surface area contributed by atoms with Crippen LogP contribution < -0.4 is 10.6 Å². The van der Waals surface area contributed by atoms with Gasteiger partial charge < -0.3 is 15.5 Å². The molecule has 1 aromatic carbocycles. The van der Waals surface area contributed by atoms with Crippen molar-refractivity contribution in [3.8, 4) is 11.1 Å². The van der Waals surface area contributed by atoms with Crippen LogP contribution in [0.25, 0.3) is 27.5 Å². The summed E-state index contributed by atoms with van der Waals surface area (Å²) < 4.78 is 30.5. The van der Waals surface area contributed by atoms with E-state index in [2.05, 4.69) is 44.9 Å². The number of H-pyrrole nitrogens is 1. The number of carbonyl (C=O) groups excluding carboxylic acids is 1. The summed E-state index contributed by atoms with van der Waals surface area (Å²) in [5.41, 5.74) is 2.80. The maximum atomic E-state index is 15.7. The van der Waals surface area contributed by atoms with E-state index in [9.17, 15) is 9.18 Å². The van der Waals surface area contributed by atoms with Gasteiger partial charge in [0.2, 0.25) is 5.91 Å². The van der Waals surface area contributed by atoms with Gasteiger partial charge in [0, 0.05) is 35.3 Å². The number of anilines is 2. The maximum absolute atomic E-state index is 15.7. The number of carbonyl (C=O) groups is 1. The summed E-state index contributed by atoms with van der Waals surface area (Å²) in [6.07, 6.45) is 6.52. The van der Waals surface area contributed by atoms with Crippen LogP contribution >= 0.6 is 11.6 Å². The highest BCUT2D eigenvalue weighted by Crippen LogP contribution is 2.42. The van der Waals surface area contributed by atoms with Crippen molar-refractivity contribution in [2.24, 2.45) is 5.92 Å². The van der Waals surface area contributed by atoms with Crippen molar-refractivity contribution in [3.63, 3.8) is 0 Å². The van der Waals surface area contributed by atoms with Gasteiger partial charge in [-0.3, -0.25) is 9.89 Å². The number of nitrogens with one attached hydrogen (secondary N) is 3. The van der Waals surface area contributed by atoms with E-state index in [0.29, 0.717) is 45.1 Å². The number of hydrogen-bond donors (Lipinski definition) is 3. The average Bonchev–Trinajstić information content (AvgIpc) is 3.24. The highest BCUT2D eigenvalue weighted by molar-refractivity contribution is 6.36. The Morgan fingerprint density at radius 2 is 2.00 bits per heavy atom. The van der Waals surface area contributed by atoms with E-state index in [1.54, 1.807) is 29.0 Å². The maximum Gasteiger partial charge on any atom is 0.231 e. The van der Waals surface area contributed by atoms with Gasteiger partial charge in [-0.2, -0.15) is 10.2 Å². The molecule has 194 valence electrons. The fourth-order valence-corrected chi connectivity index (χ4v) is 5.64. The Labute approximate surface area is 217 Å². The van der Waals surface area contributed by atoms with Crippen LogP contribution in [0.3, 0.4) is 0 Å². The molecule has 0 spiro atoms. The standard InChI is InChI=1S/C26H28ClF2N7O/c1-35(2)15-5-3-14(4-6-15)31-25-23(29)22(27)21(18-12-30-33-24(18)25)13-7-8-36-16(9-13)10-20(34-36)32-26(37)17-11-19(17)28/h7-10,12,14-15,17,19,31H,3-6,11H2,1-2H3,(H,30,33)(H,32,34,37)/t14?,15?,17-,19+/m1/s1. The van der Waals surface area contributed by atoms with Crippen LogP contribution in [0.4, 0.5) is 20.3 Å². The Hall–Kier alpha value is -3.24. The van der Waals surface area contributed by atoms with Crippen LogP contribution in [-0.2, 0) is 4.79 Å². The molecule has 6 rings (SSSR count). The number of aromatic nitrogens is 4. The fourth-order valence-electron chi connectivity index (χ4n) is 5.34. The topological polar surface area (TPSA) is 90.3 Å². The molecule has 2 saturated carbocycles. The molecule has 37 heavy (non-hydrogen) atoms. The Balaban J connectivity index is 1.31. The van der Waals surface area contributed by atoms with Crippen LogP contribution in [0.5, 0.6) is 0 Å². The van der Waals surface area contributed by atoms with Crippen LogP contribution in [0.2, 0.25) is 5.02 Å². The van der Waals surface area contributed by atoms with Gasteiger partial charge in [-0.25, -0.2) is 13.3 Å². The number of rotatable bonds is 6. The fraction of sp³-hybridized carbons (Fsp3) is 0.423. The number of alkyl halides is 1. The highest BCUT2D eigenvalue weighted by atomic mass is 35.5. The summed E-state index contributed by atoms with van der Waals surface area (Å²) >= 11 is 6.65. The minimum absolute atomic E-state index is 0.0125. The second-order valence-corrected chi connectivity index (χ2v) is 10.7. The molecule has 1 amide bonds. The molecule has 2 aliphatic rings. The number of fused-ring (bicyclic) bond motifs is 2. The number of pyridine rings is 1. The van der Waals surface area contributed by atoms with Crippen LogP contribution in [-0.4, -0.2) is 63.0 Å². The molecule has 8 nitrogen and oxygen atoms in total. The van der Waals surface area contributed by atoms with E-state index in [1.807, 2.05) is 6.07 Å². The van der Waals surface area contributed by atoms with Crippen LogP contribution in [0, 0.1) is 11.7 Å². The van der Waals surface area contributed by atoms with Gasteiger partial charge in [-0.15, -0.1) is 0 Å². The van der Waals surface area contributed by atoms with Crippen molar-refractivity contribution in [1.29, 1.82) is 0 Å². The normalized spacial score (nSPS) is 23.6. The molecule has 0 bridgehead atoms. The summed E-state index contributed by atoms with van der Waals surface area (Å²) in [7, 11) is 4.19. The monoisotopic (exact) mass is 527 g/mol. The molecule has 4 aromatic rings. The molecule has 0 saturated heterocycles. The smallest absolute Gasteiger partial charge is 0.231 e. The zero-order valence-electron chi connectivity index (χ0n) is 20.6. The van der Waals surface area contributed by atoms with Gasteiger partial charge in [0.05, 0.1) is 33.9 Å². The molecule has 2 atom stereocenters. The Morgan fingerprint density at radius 3 is 2.70 bits per heavy atom. The van der Waals surface area contributed by atoms with E-state index in [-0.39, 0.29) is 23.4 Å². The molecular weight excluding hydrogens is 500 g/mol. The Morgan fingerprint density at radius 1 is 1.24 bits per heavy atom. The van der Waals surface area contributed by atoms with Crippen molar-refractivity contribution < 1.29 is 13.6 Å². The molecule has 0 radical (unpaired) electrons. The van der Waals surface area contributed by atoms with Crippen LogP contribution in [0.1, 0.15) is 32.1 Å². The van der Waals surface area contributed by atoms with E-state index < -0.39 is 17.9 Å². The SMILES string of the molecule is CN(C)C1CCC(Nc2c(F)c(Cl)c(-c3ccn4nc(NC(=O)[C@@H]5C[C@@H]5F)cc4c3)c3cn[nH]c23)CC1. The Bertz CT molecular complexity index is 1490. The minimum Gasteiger partial charge on any atom is -0.378 e. The predicted molar refractivity (Wildman–Crippen MR) is 140 cm³/mol. The van der Waals surface area contributed by atoms with Crippen molar-refractivity contribution in [2.75, 3.05) is 24.7 Å². The third-order valence-electron chi connectivity index (χ3n) is 7.62. The molecule has 11 heteroatoms. The first-order valence-electron chi connectivity index (χ1n) is 12.5. The molecule has 3 heterocycles. The molecule has 2 aliphatic carbocycles. The van der Waals surface area contributed by atoms with Crippen molar-refractivity contribution in [2.45, 2.75) is 50.4 Å². The van der Waals surface area contributed by atoms with Crippen molar-refractivity contribution in [3.05, 3.63) is 41.4 Å². The van der Waals surface area contributed by atoms with Crippen LogP contribution in [0.15, 0.2) is 30.6 Å². The summed E-state index contributed by atoms with van der Waals surface area (Å²) in [5.74, 6) is -1.17. The summed E-state index contributed by atoms with van der Waals surface area (Å²) in [6, 6.07) is 5.99. The lowest BCUT2D eigenvalue weighted by Gasteiger charge is -2.33. The van der Waals surface area contributed by atoms with Gasteiger partial charge in [0.1, 0.15) is 6.17 Å². The first-order chi connectivity index (χ1) is 17.8. The van der Waals surface area contributed by atoms with E-state index >= 15 is 4.39 Å². The number of amides is 1. The average molecular weight is 528 g/mol. The first kappa shape index (κ1) is 24.1. The summed E-state index contributed by atoms with van der Waals surface area (Å²) in [6.45, 7) is 0. The second kappa shape index (κ2) is 9.25. The second-order valence-electron chi connectivity index (χ2n) is 10.3. The lowest BCUT2D eigenvalue weighted by Crippen LogP contribution is -2.36. The minimum atomic E-state index is -1.08. The molecule has 0 aliphatic heterocycles. The molecule has 3 N–H and O–H groups in total. The van der Waals surface area contributed by atoms with E-state index in [4.69, 9.17) is 11.6 Å². The van der Waals surface area contributed by atoms with Gasteiger partial charge in [0.15, 0.2) is 11.6 Å². The van der Waals surface area contributed by atoms with Gasteiger partial charge >= 0.3 is 0 Å². The predicted octanol–water partition coefficient (Wildman–Crippen LogP) is 5.25. The molecule has 3 aromatic heterocycles. The largest absolute Gasteiger partial charge is 0.378 e. The number of nitrogens with zero attached hydrogens (tertiary/aromatic N) is 4. The highest BCUT2D eigenvalue weighted by Gasteiger charge is 2.43. The van der Waals surface area contributed by atoms with Gasteiger partial charge in [-0.05, 0) is 63.9 Å². The number of aromatic amines is 1. The number of hydrogen-bond acceptors (Lipinski definition) is 5. The summed E-state index contributed by atoms with van der Waals surface area (Å²) in [4.78, 5) is 14.3. The Kier molecular flexibility index (Phi) is 6.03. The zero-order valence-corrected chi connectivity index (χ0v) is 21.3. The number of benzene rings is 1. The van der Waals surface area contributed by atoms with E-state index in [0.717, 1.165) is 25.7 Å². The molecular formula is C26H28ClF2N7O. The zero-order chi connectivity index (χ0) is 25.8. The molecule has 0 unspecified atom stereocenters. The lowest BCUT2D eigenvalue weighted by molar-refractivity contribution is -0.117. The lowest BCUT2D eigenvalue weighted by atomic mass is 9.90. The van der Waals surface area contributed by atoms with E-state index in [1.165, 1.54) is 0 Å². The van der Waals surface area contributed by atoms with Gasteiger partial charge in [0.25, 0.3) is 0 Å². The number of halogens is 3. The third kappa shape index (κ3) is 4.42. The van der Waals surface area contributed by atoms with Gasteiger partial charge in [-0.1, -0.05) is 11.6 Å².